The van der Waals surface area contributed by atoms with Crippen LogP contribution in [0.3, 0.4) is 0 Å². The summed E-state index contributed by atoms with van der Waals surface area (Å²) in [7, 11) is 0. The van der Waals surface area contributed by atoms with E-state index < -0.39 is 0 Å². The van der Waals surface area contributed by atoms with Crippen molar-refractivity contribution in [2.45, 2.75) is 6.92 Å². The van der Waals surface area contributed by atoms with Crippen LogP contribution in [0.2, 0.25) is 0 Å². The highest BCUT2D eigenvalue weighted by molar-refractivity contribution is 5.80. The van der Waals surface area contributed by atoms with Gasteiger partial charge in [0.1, 0.15) is 5.65 Å². The summed E-state index contributed by atoms with van der Waals surface area (Å²) in [5, 5.41) is 0.726. The topological polar surface area (TPSA) is 37.3 Å². The molecule has 3 aromatic rings. The number of benzene rings is 1. The van der Waals surface area contributed by atoms with Crippen LogP contribution in [0.5, 0.6) is 0 Å². The first-order valence-electron chi connectivity index (χ1n) is 4.86. The fourth-order valence-corrected chi connectivity index (χ4v) is 2.00. The third-order valence-corrected chi connectivity index (χ3v) is 2.71. The Morgan fingerprint density at radius 1 is 1.13 bits per heavy atom. The molecular weight excluding hydrogens is 188 g/mol. The highest BCUT2D eigenvalue weighted by atomic mass is 16.1. The summed E-state index contributed by atoms with van der Waals surface area (Å²) in [5.41, 5.74) is 2.89. The largest absolute Gasteiger partial charge is 0.308 e. The smallest absolute Gasteiger partial charge is 0.258 e. The maximum atomic E-state index is 11.7. The predicted octanol–water partition coefficient (Wildman–Crippen LogP) is 2.09. The van der Waals surface area contributed by atoms with Crippen molar-refractivity contribution in [1.29, 1.82) is 0 Å². The standard InChI is InChI=1S/C12H10N2O/c1-8-6-7-11-13-12(15)9-4-2-3-5-10(9)14(8)11/h2-7H,1H3,(H,13,15). The first-order valence-corrected chi connectivity index (χ1v) is 4.86. The summed E-state index contributed by atoms with van der Waals surface area (Å²) in [6.45, 7) is 2.03. The third kappa shape index (κ3) is 1.03. The Labute approximate surface area is 86.0 Å². The number of H-pyrrole nitrogens is 1. The van der Waals surface area contributed by atoms with Gasteiger partial charge in [-0.15, -0.1) is 0 Å². The van der Waals surface area contributed by atoms with Crippen LogP contribution in [0.25, 0.3) is 16.6 Å². The lowest BCUT2D eigenvalue weighted by molar-refractivity contribution is 1.11. The maximum Gasteiger partial charge on any atom is 0.258 e. The van der Waals surface area contributed by atoms with Crippen molar-refractivity contribution in [3.05, 3.63) is 52.4 Å². The molecular formula is C12H10N2O. The van der Waals surface area contributed by atoms with E-state index in [9.17, 15) is 4.79 Å². The summed E-state index contributed by atoms with van der Waals surface area (Å²) < 4.78 is 2.05. The first kappa shape index (κ1) is 8.29. The number of aromatic amines is 1. The third-order valence-electron chi connectivity index (χ3n) is 2.71. The summed E-state index contributed by atoms with van der Waals surface area (Å²) in [4.78, 5) is 14.6. The van der Waals surface area contributed by atoms with E-state index in [2.05, 4.69) is 9.38 Å². The van der Waals surface area contributed by atoms with Crippen molar-refractivity contribution in [2.75, 3.05) is 0 Å². The molecule has 1 N–H and O–H groups in total. The van der Waals surface area contributed by atoms with Gasteiger partial charge in [-0.25, -0.2) is 0 Å². The summed E-state index contributed by atoms with van der Waals surface area (Å²) >= 11 is 0. The van der Waals surface area contributed by atoms with Gasteiger partial charge in [0, 0.05) is 5.69 Å². The average molecular weight is 198 g/mol. The van der Waals surface area contributed by atoms with Gasteiger partial charge in [-0.1, -0.05) is 12.1 Å². The molecule has 0 atom stereocenters. The highest BCUT2D eigenvalue weighted by Crippen LogP contribution is 2.14. The predicted molar refractivity (Wildman–Crippen MR) is 60.3 cm³/mol. The number of aryl methyl sites for hydroxylation is 1. The van der Waals surface area contributed by atoms with Gasteiger partial charge in [0.15, 0.2) is 0 Å². The number of hydrogen-bond donors (Lipinski definition) is 1. The minimum atomic E-state index is -0.0313. The van der Waals surface area contributed by atoms with E-state index in [1.807, 2.05) is 43.3 Å². The van der Waals surface area contributed by atoms with Gasteiger partial charge in [0.05, 0.1) is 10.9 Å². The fraction of sp³-hybridized carbons (Fsp3) is 0.0833. The normalized spacial score (nSPS) is 11.3. The molecule has 1 aromatic carbocycles. The lowest BCUT2D eigenvalue weighted by atomic mass is 10.2. The molecule has 0 aliphatic rings. The minimum Gasteiger partial charge on any atom is -0.308 e. The summed E-state index contributed by atoms with van der Waals surface area (Å²) in [5.74, 6) is 0. The zero-order chi connectivity index (χ0) is 10.4. The van der Waals surface area contributed by atoms with E-state index in [-0.39, 0.29) is 5.56 Å². The van der Waals surface area contributed by atoms with Crippen molar-refractivity contribution in [3.63, 3.8) is 0 Å². The van der Waals surface area contributed by atoms with Gasteiger partial charge in [-0.2, -0.15) is 0 Å². The Morgan fingerprint density at radius 2 is 1.93 bits per heavy atom. The van der Waals surface area contributed by atoms with E-state index in [1.54, 1.807) is 0 Å². The molecule has 0 aliphatic carbocycles. The maximum absolute atomic E-state index is 11.7. The highest BCUT2D eigenvalue weighted by Gasteiger charge is 2.04. The van der Waals surface area contributed by atoms with Gasteiger partial charge in [0.25, 0.3) is 5.56 Å². The van der Waals surface area contributed by atoms with Crippen LogP contribution < -0.4 is 5.56 Å². The second-order valence-electron chi connectivity index (χ2n) is 3.67. The van der Waals surface area contributed by atoms with Crippen molar-refractivity contribution in [2.24, 2.45) is 0 Å². The Kier molecular flexibility index (Phi) is 1.51. The molecule has 0 saturated heterocycles. The number of para-hydroxylation sites is 1. The zero-order valence-electron chi connectivity index (χ0n) is 8.32. The number of fused-ring (bicyclic) bond motifs is 3. The molecule has 2 aromatic heterocycles. The van der Waals surface area contributed by atoms with Gasteiger partial charge in [-0.05, 0) is 31.2 Å². The molecule has 0 saturated carbocycles. The molecule has 0 radical (unpaired) electrons. The number of nitrogens with zero attached hydrogens (tertiary/aromatic N) is 1. The molecule has 0 spiro atoms. The zero-order valence-corrected chi connectivity index (χ0v) is 8.32. The van der Waals surface area contributed by atoms with Crippen LogP contribution in [0.1, 0.15) is 5.69 Å². The SMILES string of the molecule is Cc1ccc2[nH]c(=O)c3ccccc3n12. The van der Waals surface area contributed by atoms with Crippen molar-refractivity contribution >= 4 is 16.6 Å². The molecule has 0 fully saturated rings. The monoisotopic (exact) mass is 198 g/mol. The lowest BCUT2D eigenvalue weighted by Gasteiger charge is -2.03. The fourth-order valence-electron chi connectivity index (χ4n) is 2.00. The Hall–Kier alpha value is -2.03. The molecule has 0 aliphatic heterocycles. The number of hydrogen-bond acceptors (Lipinski definition) is 1. The molecule has 3 rings (SSSR count). The van der Waals surface area contributed by atoms with Gasteiger partial charge in [0.2, 0.25) is 0 Å². The molecule has 2 heterocycles. The molecule has 15 heavy (non-hydrogen) atoms. The van der Waals surface area contributed by atoms with E-state index in [0.717, 1.165) is 22.2 Å². The minimum absolute atomic E-state index is 0.0313. The second-order valence-corrected chi connectivity index (χ2v) is 3.67. The number of nitrogens with one attached hydrogen (secondary N) is 1. The van der Waals surface area contributed by atoms with Crippen LogP contribution in [-0.4, -0.2) is 9.38 Å². The van der Waals surface area contributed by atoms with Crippen molar-refractivity contribution < 1.29 is 0 Å². The van der Waals surface area contributed by atoms with Crippen molar-refractivity contribution in [3.8, 4) is 0 Å². The van der Waals surface area contributed by atoms with Gasteiger partial charge < -0.3 is 4.98 Å². The molecule has 74 valence electrons. The molecule has 3 heteroatoms. The Balaban J connectivity index is 2.74. The molecule has 0 unspecified atom stereocenters. The van der Waals surface area contributed by atoms with E-state index in [1.165, 1.54) is 0 Å². The Bertz CT molecular complexity index is 706. The van der Waals surface area contributed by atoms with Crippen LogP contribution in [0, 0.1) is 6.92 Å². The second kappa shape index (κ2) is 2.73. The van der Waals surface area contributed by atoms with Gasteiger partial charge in [-0.3, -0.25) is 9.20 Å². The lowest BCUT2D eigenvalue weighted by Crippen LogP contribution is -2.09. The molecule has 0 bridgehead atoms. The van der Waals surface area contributed by atoms with E-state index >= 15 is 0 Å². The number of aromatic nitrogens is 2. The summed E-state index contributed by atoms with van der Waals surface area (Å²) in [6, 6.07) is 11.5. The van der Waals surface area contributed by atoms with Crippen LogP contribution in [0.4, 0.5) is 0 Å². The number of rotatable bonds is 0. The summed E-state index contributed by atoms with van der Waals surface area (Å²) in [6.07, 6.45) is 0. The quantitative estimate of drug-likeness (QED) is 0.590. The first-order chi connectivity index (χ1) is 7.27. The Morgan fingerprint density at radius 3 is 2.80 bits per heavy atom. The van der Waals surface area contributed by atoms with Crippen LogP contribution in [0.15, 0.2) is 41.2 Å². The van der Waals surface area contributed by atoms with Crippen LogP contribution in [-0.2, 0) is 0 Å². The molecule has 0 amide bonds. The van der Waals surface area contributed by atoms with E-state index in [4.69, 9.17) is 0 Å². The van der Waals surface area contributed by atoms with Crippen LogP contribution >= 0.6 is 0 Å². The molecule has 3 nitrogen and oxygen atoms in total. The average Bonchev–Trinajstić information content (AvgIpc) is 2.61. The van der Waals surface area contributed by atoms with E-state index in [0.29, 0.717) is 0 Å². The van der Waals surface area contributed by atoms with Crippen molar-refractivity contribution in [1.82, 2.24) is 9.38 Å². The van der Waals surface area contributed by atoms with Gasteiger partial charge >= 0.3 is 0 Å².